The Labute approximate surface area is 567 Å². The summed E-state index contributed by atoms with van der Waals surface area (Å²) < 4.78 is 50.9. The van der Waals surface area contributed by atoms with Gasteiger partial charge in [0.05, 0.1) is 46.7 Å². The smallest absolute Gasteiger partial charge is 0.147 e. The molecule has 0 radical (unpaired) electrons. The van der Waals surface area contributed by atoms with E-state index in [0.29, 0.717) is 75.5 Å². The molecule has 0 unspecified atom stereocenters. The summed E-state index contributed by atoms with van der Waals surface area (Å²) in [6.07, 6.45) is 3.30. The number of aromatic nitrogens is 2. The Morgan fingerprint density at radius 3 is 1.00 bits per heavy atom. The average Bonchev–Trinajstić information content (AvgIpc) is 1.62. The molecule has 0 aliphatic carbocycles. The highest BCUT2D eigenvalue weighted by Crippen LogP contribution is 2.51. The molecular weight excluding hydrogens is 1170 g/mol. The molecule has 0 spiro atoms. The molecule has 95 heavy (non-hydrogen) atoms. The van der Waals surface area contributed by atoms with E-state index in [0.717, 1.165) is 67.6 Å². The molecule has 2 heterocycles. The molecule has 504 valence electrons. The van der Waals surface area contributed by atoms with E-state index < -0.39 is 11.6 Å². The normalized spacial score (nSPS) is 13.3. The predicted octanol–water partition coefficient (Wildman–Crippen LogP) is 24.6. The van der Waals surface area contributed by atoms with Crippen LogP contribution in [0.1, 0.15) is 229 Å². The van der Waals surface area contributed by atoms with Crippen molar-refractivity contribution in [2.45, 2.75) is 231 Å². The zero-order valence-electron chi connectivity index (χ0n) is 61.9. The first-order valence-electron chi connectivity index (χ1n) is 34.7. The van der Waals surface area contributed by atoms with Gasteiger partial charge in [-0.1, -0.05) is 208 Å². The molecule has 0 bridgehead atoms. The minimum absolute atomic E-state index is 0.0346. The fourth-order valence-corrected chi connectivity index (χ4v) is 15.0. The van der Waals surface area contributed by atoms with Crippen LogP contribution in [0.5, 0.6) is 23.0 Å². The zero-order valence-corrected chi connectivity index (χ0v) is 61.9. The van der Waals surface area contributed by atoms with Crippen molar-refractivity contribution in [1.29, 1.82) is 0 Å². The first-order chi connectivity index (χ1) is 43.9. The zero-order chi connectivity index (χ0) is 69.8. The summed E-state index contributed by atoms with van der Waals surface area (Å²) in [5, 5.41) is 30.8. The Bertz CT molecular complexity index is 4440. The number of ether oxygens (including phenoxy) is 2. The highest BCUT2D eigenvalue weighted by Gasteiger charge is 2.35. The Balaban J connectivity index is 1.04. The third-order valence-electron chi connectivity index (χ3n) is 19.5. The largest absolute Gasteiger partial charge is 0.505 e. The lowest BCUT2D eigenvalue weighted by atomic mass is 9.71. The third kappa shape index (κ3) is 14.3. The van der Waals surface area contributed by atoms with Gasteiger partial charge in [-0.25, -0.2) is 8.78 Å². The first-order valence-corrected chi connectivity index (χ1v) is 34.7. The summed E-state index contributed by atoms with van der Waals surface area (Å²) in [6.45, 7) is 53.7. The van der Waals surface area contributed by atoms with Crippen LogP contribution < -0.4 is 9.47 Å². The molecule has 0 atom stereocenters. The van der Waals surface area contributed by atoms with Crippen molar-refractivity contribution in [1.82, 2.24) is 9.13 Å². The number of hydrogen-bond acceptors (Lipinski definition) is 4. The summed E-state index contributed by atoms with van der Waals surface area (Å²) in [7, 11) is 0. The van der Waals surface area contributed by atoms with Crippen LogP contribution in [-0.2, 0) is 38.9 Å². The average molecular weight is 1280 g/mol. The number of aromatic hydroxyl groups is 2. The Hall–Kier alpha value is -7.58. The first kappa shape index (κ1) is 70.2. The van der Waals surface area contributed by atoms with Crippen molar-refractivity contribution in [3.63, 3.8) is 0 Å². The molecule has 0 fully saturated rings. The second-order valence-electron chi connectivity index (χ2n) is 35.4. The Morgan fingerprint density at radius 2 is 0.684 bits per heavy atom. The molecule has 0 amide bonds. The standard InChI is InChI=1S/C87H108F2N2O4/c1-25-53-39-61(89)49-69(67-41-59(87(23,24)51-81(6,7)8)47-75(77(67)93)91-72-44-56(84(15,16)17)30-34-64(72)65-35-31-57(45-73(65)91)85(18,19)20)79(53)95-37-27-26-36-94-78-52(2)38-60(88)48-68(78)66-40-58(86(21,22)50-80(3,4)5)46-74(76(66)92)90-70-42-54(82(9,10)11)28-32-62(70)63-33-29-55(43-71(63)90)83(12,13)14/h28-35,38-49,92-93H,25-27,36-37,50-51H2,1-24H3. The fraction of sp³-hybridized carbons (Fsp3) is 0.448. The number of nitrogens with zero attached hydrogens (tertiary/aromatic N) is 2. The molecule has 0 saturated heterocycles. The van der Waals surface area contributed by atoms with Gasteiger partial charge >= 0.3 is 0 Å². The number of phenols is 2. The van der Waals surface area contributed by atoms with Crippen molar-refractivity contribution in [3.05, 3.63) is 177 Å². The molecule has 6 nitrogen and oxygen atoms in total. The number of benzene rings is 8. The molecule has 0 aliphatic heterocycles. The van der Waals surface area contributed by atoms with Crippen LogP contribution in [0, 0.1) is 29.4 Å². The molecule has 0 saturated carbocycles. The molecule has 0 aliphatic rings. The topological polar surface area (TPSA) is 68.8 Å². The van der Waals surface area contributed by atoms with Crippen LogP contribution >= 0.6 is 0 Å². The van der Waals surface area contributed by atoms with Crippen molar-refractivity contribution in [3.8, 4) is 56.6 Å². The molecule has 10 aromatic rings. The summed E-state index contributed by atoms with van der Waals surface area (Å²) in [5.41, 5.74) is 13.8. The highest BCUT2D eigenvalue weighted by molar-refractivity contribution is 6.11. The number of fused-ring (bicyclic) bond motifs is 6. The van der Waals surface area contributed by atoms with Crippen molar-refractivity contribution >= 4 is 43.6 Å². The number of phenolic OH excluding ortho intramolecular Hbond substituents is 2. The highest BCUT2D eigenvalue weighted by atomic mass is 19.1. The molecule has 8 heteroatoms. The van der Waals surface area contributed by atoms with E-state index in [1.807, 2.05) is 13.8 Å². The van der Waals surface area contributed by atoms with Crippen LogP contribution in [-0.4, -0.2) is 32.6 Å². The van der Waals surface area contributed by atoms with Crippen LogP contribution in [0.3, 0.4) is 0 Å². The minimum atomic E-state index is -0.428. The molecule has 8 aromatic carbocycles. The van der Waals surface area contributed by atoms with Gasteiger partial charge in [-0.15, -0.1) is 0 Å². The Kier molecular flexibility index (Phi) is 18.3. The number of unbranched alkanes of at least 4 members (excludes halogenated alkanes) is 1. The number of rotatable bonds is 16. The lowest BCUT2D eigenvalue weighted by molar-refractivity contribution is 0.265. The second kappa shape index (κ2) is 24.8. The SMILES string of the molecule is CCc1cc(F)cc(-c2cc(C(C)(C)CC(C)(C)C)cc(-n3c4cc(C(C)(C)C)ccc4c4ccc(C(C)(C)C)cc43)c2O)c1OCCCCOc1c(C)cc(F)cc1-c1cc(C(C)(C)CC(C)(C)C)cc(-n2c3cc(C(C)(C)C)ccc3c3ccc(C(C)(C)C)cc32)c1O. The van der Waals surface area contributed by atoms with Crippen molar-refractivity contribution < 1.29 is 28.5 Å². The molecule has 2 aromatic heterocycles. The van der Waals surface area contributed by atoms with E-state index in [1.54, 1.807) is 6.07 Å². The van der Waals surface area contributed by atoms with Gasteiger partial charge in [-0.2, -0.15) is 0 Å². The third-order valence-corrected chi connectivity index (χ3v) is 19.5. The lowest BCUT2D eigenvalue weighted by Crippen LogP contribution is -2.25. The minimum Gasteiger partial charge on any atom is -0.505 e. The molecular formula is C87H108F2N2O4. The fourth-order valence-electron chi connectivity index (χ4n) is 15.0. The lowest BCUT2D eigenvalue weighted by Gasteiger charge is -2.34. The van der Waals surface area contributed by atoms with Crippen LogP contribution in [0.4, 0.5) is 8.78 Å². The predicted molar refractivity (Wildman–Crippen MR) is 399 cm³/mol. The van der Waals surface area contributed by atoms with Gasteiger partial charge in [0, 0.05) is 43.8 Å². The van der Waals surface area contributed by atoms with E-state index in [9.17, 15) is 10.2 Å². The number of halogens is 2. The maximum absolute atomic E-state index is 16.4. The Morgan fingerprint density at radius 1 is 0.368 bits per heavy atom. The molecule has 2 N–H and O–H groups in total. The summed E-state index contributed by atoms with van der Waals surface area (Å²) in [5.74, 6) is 0.257. The van der Waals surface area contributed by atoms with E-state index in [4.69, 9.17) is 9.47 Å². The van der Waals surface area contributed by atoms with Crippen LogP contribution in [0.2, 0.25) is 0 Å². The maximum Gasteiger partial charge on any atom is 0.147 e. The van der Waals surface area contributed by atoms with Gasteiger partial charge in [0.15, 0.2) is 0 Å². The summed E-state index contributed by atoms with van der Waals surface area (Å²) >= 11 is 0. The summed E-state index contributed by atoms with van der Waals surface area (Å²) in [4.78, 5) is 0. The number of aryl methyl sites for hydroxylation is 2. The van der Waals surface area contributed by atoms with Gasteiger partial charge < -0.3 is 28.8 Å². The quantitative estimate of drug-likeness (QED) is 0.0946. The van der Waals surface area contributed by atoms with Gasteiger partial charge in [0.25, 0.3) is 0 Å². The van der Waals surface area contributed by atoms with Crippen LogP contribution in [0.15, 0.2) is 121 Å². The van der Waals surface area contributed by atoms with E-state index in [2.05, 4.69) is 259 Å². The van der Waals surface area contributed by atoms with Gasteiger partial charge in [-0.05, 0) is 200 Å². The number of hydrogen-bond donors (Lipinski definition) is 2. The summed E-state index contributed by atoms with van der Waals surface area (Å²) in [6, 6.07) is 41.4. The maximum atomic E-state index is 16.4. The monoisotopic (exact) mass is 1280 g/mol. The molecule has 10 rings (SSSR count). The van der Waals surface area contributed by atoms with Crippen LogP contribution in [0.25, 0.3) is 77.2 Å². The van der Waals surface area contributed by atoms with E-state index in [1.165, 1.54) is 40.5 Å². The van der Waals surface area contributed by atoms with Gasteiger partial charge in [-0.3, -0.25) is 0 Å². The van der Waals surface area contributed by atoms with Gasteiger partial charge in [0.1, 0.15) is 34.6 Å². The van der Waals surface area contributed by atoms with Gasteiger partial charge in [0.2, 0.25) is 0 Å². The van der Waals surface area contributed by atoms with E-state index >= 15 is 8.78 Å². The second-order valence-corrected chi connectivity index (χ2v) is 35.4. The van der Waals surface area contributed by atoms with Crippen molar-refractivity contribution in [2.75, 3.05) is 13.2 Å². The van der Waals surface area contributed by atoms with Crippen molar-refractivity contribution in [2.24, 2.45) is 10.8 Å². The van der Waals surface area contributed by atoms with E-state index in [-0.39, 0.29) is 68.0 Å².